The predicted octanol–water partition coefficient (Wildman–Crippen LogP) is 5.68. The lowest BCUT2D eigenvalue weighted by atomic mass is 9.92. The number of thioether (sulfide) groups is 1. The molecule has 0 spiro atoms. The Labute approximate surface area is 308 Å². The topological polar surface area (TPSA) is 155 Å². The van der Waals surface area contributed by atoms with Crippen molar-refractivity contribution in [3.8, 4) is 17.1 Å². The molecule has 5 aromatic rings. The van der Waals surface area contributed by atoms with Crippen molar-refractivity contribution in [1.82, 2.24) is 28.2 Å². The van der Waals surface area contributed by atoms with Gasteiger partial charge in [-0.05, 0) is 40.7 Å². The van der Waals surface area contributed by atoms with Crippen LogP contribution >= 0.6 is 11.8 Å². The first kappa shape index (κ1) is 38.4. The maximum absolute atomic E-state index is 13.9. The molecule has 5 rings (SSSR count). The van der Waals surface area contributed by atoms with E-state index in [2.05, 4.69) is 37.9 Å². The second-order valence-electron chi connectivity index (χ2n) is 13.0. The molecule has 0 aliphatic heterocycles. The lowest BCUT2D eigenvalue weighted by Gasteiger charge is -2.23. The summed E-state index contributed by atoms with van der Waals surface area (Å²) in [7, 11) is -2.46. The fourth-order valence-electron chi connectivity index (χ4n) is 6.20. The van der Waals surface area contributed by atoms with E-state index >= 15 is 0 Å². The minimum Gasteiger partial charge on any atom is -0.384 e. The number of nitrogen functional groups attached to an aromatic ring is 1. The summed E-state index contributed by atoms with van der Waals surface area (Å²) in [6, 6.07) is 21.9. The zero-order valence-corrected chi connectivity index (χ0v) is 32.2. The van der Waals surface area contributed by atoms with E-state index in [0.717, 1.165) is 38.7 Å². The summed E-state index contributed by atoms with van der Waals surface area (Å²) in [5, 5.41) is 9.48. The van der Waals surface area contributed by atoms with Gasteiger partial charge in [-0.25, -0.2) is 13.2 Å². The Kier molecular flexibility index (Phi) is 11.7. The molecule has 0 bridgehead atoms. The predicted molar refractivity (Wildman–Crippen MR) is 206 cm³/mol. The fraction of sp³-hybridized carbons (Fsp3) is 0.342. The molecule has 0 fully saturated rings. The van der Waals surface area contributed by atoms with E-state index in [4.69, 9.17) is 5.73 Å². The van der Waals surface area contributed by atoms with Crippen LogP contribution in [-0.4, -0.2) is 61.2 Å². The summed E-state index contributed by atoms with van der Waals surface area (Å²) < 4.78 is 32.5. The van der Waals surface area contributed by atoms with E-state index in [1.54, 1.807) is 38.1 Å². The molecule has 0 radical (unpaired) electrons. The Morgan fingerprint density at radius 1 is 0.885 bits per heavy atom. The summed E-state index contributed by atoms with van der Waals surface area (Å²) in [6.07, 6.45) is 0. The second kappa shape index (κ2) is 15.8. The van der Waals surface area contributed by atoms with Gasteiger partial charge in [-0.2, -0.15) is 4.31 Å². The van der Waals surface area contributed by atoms with Crippen LogP contribution in [0.1, 0.15) is 80.4 Å². The van der Waals surface area contributed by atoms with E-state index < -0.39 is 27.1 Å². The third-order valence-corrected chi connectivity index (χ3v) is 12.0. The third kappa shape index (κ3) is 7.41. The van der Waals surface area contributed by atoms with Crippen molar-refractivity contribution < 1.29 is 13.2 Å². The summed E-state index contributed by atoms with van der Waals surface area (Å²) >= 11 is 1.08. The minimum absolute atomic E-state index is 0.0811. The second-order valence-corrected chi connectivity index (χ2v) is 15.9. The Hall–Kier alpha value is -4.79. The van der Waals surface area contributed by atoms with Gasteiger partial charge in [-0.1, -0.05) is 114 Å². The molecule has 2 aromatic heterocycles. The Balaban J connectivity index is 1.64. The number of nitrogens with zero attached hydrogens (tertiary/aromatic N) is 6. The highest BCUT2D eigenvalue weighted by atomic mass is 32.2. The monoisotopic (exact) mass is 743 g/mol. The number of carbonyl (C=O) groups is 1. The molecule has 2 N–H and O–H groups in total. The zero-order valence-electron chi connectivity index (χ0n) is 30.5. The third-order valence-electron chi connectivity index (χ3n) is 9.01. The molecule has 12 nitrogen and oxygen atoms in total. The van der Waals surface area contributed by atoms with Crippen LogP contribution in [0.25, 0.3) is 17.1 Å². The molecule has 0 saturated carbocycles. The van der Waals surface area contributed by atoms with Crippen LogP contribution in [0.2, 0.25) is 0 Å². The summed E-state index contributed by atoms with van der Waals surface area (Å²) in [5.74, 6) is -0.443. The van der Waals surface area contributed by atoms with Crippen LogP contribution in [0.4, 0.5) is 5.82 Å². The molecule has 0 aliphatic carbocycles. The van der Waals surface area contributed by atoms with Gasteiger partial charge < -0.3 is 5.73 Å². The summed E-state index contributed by atoms with van der Waals surface area (Å²) in [4.78, 5) is 40.5. The van der Waals surface area contributed by atoms with Crippen molar-refractivity contribution in [2.45, 2.75) is 70.0 Å². The highest BCUT2D eigenvalue weighted by Crippen LogP contribution is 2.37. The molecule has 52 heavy (non-hydrogen) atoms. The molecule has 0 unspecified atom stereocenters. The van der Waals surface area contributed by atoms with Crippen LogP contribution in [-0.2, 0) is 23.6 Å². The van der Waals surface area contributed by atoms with Crippen molar-refractivity contribution in [3.05, 3.63) is 116 Å². The van der Waals surface area contributed by atoms with Crippen molar-refractivity contribution in [2.24, 2.45) is 7.05 Å². The lowest BCUT2D eigenvalue weighted by molar-refractivity contribution is 0.102. The van der Waals surface area contributed by atoms with Gasteiger partial charge in [0.05, 0.1) is 22.9 Å². The van der Waals surface area contributed by atoms with Gasteiger partial charge in [-0.15, -0.1) is 10.2 Å². The number of sulfonamides is 1. The van der Waals surface area contributed by atoms with Gasteiger partial charge in [-0.3, -0.25) is 23.3 Å². The molecular formula is C38H45N7O5S2. The number of hydrogen-bond donors (Lipinski definition) is 1. The number of benzene rings is 3. The van der Waals surface area contributed by atoms with Crippen molar-refractivity contribution >= 4 is 33.4 Å². The maximum atomic E-state index is 13.9. The van der Waals surface area contributed by atoms with E-state index in [1.807, 2.05) is 53.1 Å². The van der Waals surface area contributed by atoms with Crippen LogP contribution in [0.15, 0.2) is 92.4 Å². The van der Waals surface area contributed by atoms with Gasteiger partial charge in [0, 0.05) is 25.7 Å². The first-order valence-corrected chi connectivity index (χ1v) is 19.6. The average molecular weight is 744 g/mol. The Morgan fingerprint density at radius 3 is 2.10 bits per heavy atom. The number of hydrogen-bond acceptors (Lipinski definition) is 9. The zero-order chi connectivity index (χ0) is 37.9. The van der Waals surface area contributed by atoms with E-state index in [0.29, 0.717) is 29.6 Å². The van der Waals surface area contributed by atoms with Crippen LogP contribution < -0.4 is 17.0 Å². The smallest absolute Gasteiger partial charge is 0.332 e. The van der Waals surface area contributed by atoms with Crippen molar-refractivity contribution in [2.75, 3.05) is 24.6 Å². The maximum Gasteiger partial charge on any atom is 0.332 e. The summed E-state index contributed by atoms with van der Waals surface area (Å²) in [5.41, 5.74) is 8.88. The highest BCUT2D eigenvalue weighted by Gasteiger charge is 2.28. The van der Waals surface area contributed by atoms with Crippen LogP contribution in [0.3, 0.4) is 0 Å². The molecular weight excluding hydrogens is 699 g/mol. The van der Waals surface area contributed by atoms with Gasteiger partial charge in [0.1, 0.15) is 11.4 Å². The lowest BCUT2D eigenvalue weighted by Crippen LogP contribution is -2.43. The van der Waals surface area contributed by atoms with E-state index in [-0.39, 0.29) is 40.4 Å². The molecule has 0 amide bonds. The average Bonchev–Trinajstić information content (AvgIpc) is 3.55. The normalized spacial score (nSPS) is 12.0. The van der Waals surface area contributed by atoms with Gasteiger partial charge in [0.15, 0.2) is 16.8 Å². The van der Waals surface area contributed by atoms with Gasteiger partial charge >= 0.3 is 5.69 Å². The number of rotatable bonds is 14. The molecule has 0 atom stereocenters. The SMILES string of the molecule is CCN(CC)S(=O)(=O)c1cccc(-c2nnc(SCC(=O)c3c(N)n(Cc4ccccc4)c(=O)n(C)c3=O)n2-c2c(C(C)C)cccc2C(C)C)c1. The van der Waals surface area contributed by atoms with Crippen molar-refractivity contribution in [1.29, 1.82) is 0 Å². The van der Waals surface area contributed by atoms with Gasteiger partial charge in [0.2, 0.25) is 10.0 Å². The fourth-order valence-corrected chi connectivity index (χ4v) is 8.51. The molecule has 2 heterocycles. The number of carbonyl (C=O) groups excluding carboxylic acids is 1. The quantitative estimate of drug-likeness (QED) is 0.112. The molecule has 14 heteroatoms. The largest absolute Gasteiger partial charge is 0.384 e. The number of ketones is 1. The number of anilines is 1. The number of para-hydroxylation sites is 1. The number of Topliss-reactive ketones (excluding diaryl/α,β-unsaturated/α-hetero) is 1. The molecule has 274 valence electrons. The molecule has 0 saturated heterocycles. The Morgan fingerprint density at radius 2 is 1.50 bits per heavy atom. The van der Waals surface area contributed by atoms with Crippen LogP contribution in [0.5, 0.6) is 0 Å². The number of aromatic nitrogens is 5. The van der Waals surface area contributed by atoms with Crippen LogP contribution in [0, 0.1) is 0 Å². The van der Waals surface area contributed by atoms with E-state index in [1.165, 1.54) is 15.9 Å². The standard InChI is InChI=1S/C38H45N7O5S2/c1-8-43(9-2)52(49,50)28-18-13-17-27(21-28)35-40-41-37(45(35)33-29(24(3)4)19-14-20-30(33)25(5)6)51-23-31(46)32-34(39)44(38(48)42(7)36(32)47)22-26-15-11-10-12-16-26/h10-21,24-25H,8-9,22-23,39H2,1-7H3. The number of nitrogens with two attached hydrogens (primary N) is 1. The van der Waals surface area contributed by atoms with Gasteiger partial charge in [0.25, 0.3) is 5.56 Å². The van der Waals surface area contributed by atoms with Crippen molar-refractivity contribution in [3.63, 3.8) is 0 Å². The van der Waals surface area contributed by atoms with E-state index in [9.17, 15) is 22.8 Å². The summed E-state index contributed by atoms with van der Waals surface area (Å²) in [6.45, 7) is 12.7. The minimum atomic E-state index is -3.78. The first-order valence-electron chi connectivity index (χ1n) is 17.2. The highest BCUT2D eigenvalue weighted by molar-refractivity contribution is 7.99. The molecule has 3 aromatic carbocycles. The molecule has 0 aliphatic rings. The first-order chi connectivity index (χ1) is 24.7. The Bertz CT molecular complexity index is 2300.